The SMILES string of the molecule is COc1cccc(CN2CCCC3(CCN(C(=O)C(C)C)C3)C2=O)c1OC. The van der Waals surface area contributed by atoms with E-state index in [2.05, 4.69) is 0 Å². The van der Waals surface area contributed by atoms with Gasteiger partial charge in [0.25, 0.3) is 0 Å². The normalized spacial score (nSPS) is 22.6. The summed E-state index contributed by atoms with van der Waals surface area (Å²) in [5.74, 6) is 1.62. The Hall–Kier alpha value is -2.24. The highest BCUT2D eigenvalue weighted by Crippen LogP contribution is 2.41. The van der Waals surface area contributed by atoms with Crippen molar-refractivity contribution in [3.63, 3.8) is 0 Å². The number of carbonyl (C=O) groups is 2. The third-order valence-corrected chi connectivity index (χ3v) is 5.83. The number of ether oxygens (including phenoxy) is 2. The summed E-state index contributed by atoms with van der Waals surface area (Å²) in [7, 11) is 3.23. The Kier molecular flexibility index (Phi) is 5.63. The molecule has 1 spiro atoms. The van der Waals surface area contributed by atoms with Crippen LogP contribution in [0, 0.1) is 11.3 Å². The average Bonchev–Trinajstić information content (AvgIpc) is 3.09. The topological polar surface area (TPSA) is 59.1 Å². The minimum atomic E-state index is -0.422. The highest BCUT2D eigenvalue weighted by Gasteiger charge is 2.49. The summed E-state index contributed by atoms with van der Waals surface area (Å²) in [4.78, 5) is 29.5. The predicted molar refractivity (Wildman–Crippen MR) is 103 cm³/mol. The van der Waals surface area contributed by atoms with Gasteiger partial charge in [-0.3, -0.25) is 9.59 Å². The smallest absolute Gasteiger partial charge is 0.230 e. The second-order valence-electron chi connectivity index (χ2n) is 7.93. The summed E-state index contributed by atoms with van der Waals surface area (Å²) >= 11 is 0. The average molecular weight is 374 g/mol. The van der Waals surface area contributed by atoms with Crippen LogP contribution < -0.4 is 9.47 Å². The van der Waals surface area contributed by atoms with Gasteiger partial charge in [0, 0.05) is 37.7 Å². The number of amides is 2. The molecule has 0 bridgehead atoms. The maximum absolute atomic E-state index is 13.4. The fraction of sp³-hybridized carbons (Fsp3) is 0.619. The minimum Gasteiger partial charge on any atom is -0.493 e. The first-order chi connectivity index (χ1) is 12.9. The Morgan fingerprint density at radius 3 is 2.63 bits per heavy atom. The van der Waals surface area contributed by atoms with Crippen LogP contribution in [-0.2, 0) is 16.1 Å². The molecule has 0 aliphatic carbocycles. The number of likely N-dealkylation sites (tertiary alicyclic amines) is 2. The van der Waals surface area contributed by atoms with E-state index in [1.807, 2.05) is 41.8 Å². The zero-order valence-corrected chi connectivity index (χ0v) is 16.8. The zero-order chi connectivity index (χ0) is 19.6. The summed E-state index contributed by atoms with van der Waals surface area (Å²) in [6.07, 6.45) is 2.58. The molecule has 2 aliphatic rings. The van der Waals surface area contributed by atoms with E-state index in [4.69, 9.17) is 9.47 Å². The third kappa shape index (κ3) is 3.62. The van der Waals surface area contributed by atoms with Crippen molar-refractivity contribution in [1.29, 1.82) is 0 Å². The van der Waals surface area contributed by atoms with Gasteiger partial charge < -0.3 is 19.3 Å². The van der Waals surface area contributed by atoms with E-state index in [9.17, 15) is 9.59 Å². The summed E-state index contributed by atoms with van der Waals surface area (Å²) < 4.78 is 10.9. The largest absolute Gasteiger partial charge is 0.493 e. The number of hydrogen-bond acceptors (Lipinski definition) is 4. The van der Waals surface area contributed by atoms with Gasteiger partial charge in [0.05, 0.1) is 19.6 Å². The summed E-state index contributed by atoms with van der Waals surface area (Å²) in [5, 5.41) is 0. The first-order valence-corrected chi connectivity index (χ1v) is 9.70. The molecule has 0 radical (unpaired) electrons. The van der Waals surface area contributed by atoms with Gasteiger partial charge in [0.2, 0.25) is 11.8 Å². The van der Waals surface area contributed by atoms with Crippen molar-refractivity contribution in [2.75, 3.05) is 33.9 Å². The molecule has 6 heteroatoms. The Morgan fingerprint density at radius 2 is 1.96 bits per heavy atom. The van der Waals surface area contributed by atoms with Crippen molar-refractivity contribution in [2.45, 2.75) is 39.7 Å². The number of para-hydroxylation sites is 1. The van der Waals surface area contributed by atoms with Crippen LogP contribution in [0.3, 0.4) is 0 Å². The highest BCUT2D eigenvalue weighted by atomic mass is 16.5. The highest BCUT2D eigenvalue weighted by molar-refractivity contribution is 5.86. The number of benzene rings is 1. The van der Waals surface area contributed by atoms with Crippen LogP contribution in [0.5, 0.6) is 11.5 Å². The molecular formula is C21H30N2O4. The molecule has 2 fully saturated rings. The molecule has 148 valence electrons. The van der Waals surface area contributed by atoms with E-state index in [1.165, 1.54) is 0 Å². The number of piperidine rings is 1. The fourth-order valence-corrected chi connectivity index (χ4v) is 4.39. The number of hydrogen-bond donors (Lipinski definition) is 0. The van der Waals surface area contributed by atoms with Crippen LogP contribution in [0.15, 0.2) is 18.2 Å². The molecule has 1 unspecified atom stereocenters. The number of rotatable bonds is 5. The Morgan fingerprint density at radius 1 is 1.19 bits per heavy atom. The van der Waals surface area contributed by atoms with Crippen molar-refractivity contribution in [3.8, 4) is 11.5 Å². The fourth-order valence-electron chi connectivity index (χ4n) is 4.39. The van der Waals surface area contributed by atoms with Crippen LogP contribution in [-0.4, -0.2) is 55.5 Å². The van der Waals surface area contributed by atoms with Crippen LogP contribution in [0.2, 0.25) is 0 Å². The second-order valence-corrected chi connectivity index (χ2v) is 7.93. The molecular weight excluding hydrogens is 344 g/mol. The molecule has 3 rings (SSSR count). The first kappa shape index (κ1) is 19.5. The standard InChI is InChI=1S/C21H30N2O4/c1-15(2)19(24)23-12-10-21(14-23)9-6-11-22(20(21)25)13-16-7-5-8-17(26-3)18(16)27-4/h5,7-8,15H,6,9-14H2,1-4H3. The molecule has 1 aromatic carbocycles. The Balaban J connectivity index is 1.78. The maximum Gasteiger partial charge on any atom is 0.230 e. The van der Waals surface area contributed by atoms with Crippen LogP contribution in [0.4, 0.5) is 0 Å². The summed E-state index contributed by atoms with van der Waals surface area (Å²) in [6, 6.07) is 5.74. The van der Waals surface area contributed by atoms with E-state index < -0.39 is 5.41 Å². The van der Waals surface area contributed by atoms with E-state index in [1.54, 1.807) is 14.2 Å². The predicted octanol–water partition coefficient (Wildman–Crippen LogP) is 2.70. The third-order valence-electron chi connectivity index (χ3n) is 5.83. The van der Waals surface area contributed by atoms with Gasteiger partial charge in [-0.2, -0.15) is 0 Å². The van der Waals surface area contributed by atoms with Gasteiger partial charge in [0.15, 0.2) is 11.5 Å². The van der Waals surface area contributed by atoms with Crippen LogP contribution in [0.1, 0.15) is 38.7 Å². The summed E-state index contributed by atoms with van der Waals surface area (Å²) in [5.41, 5.74) is 0.518. The molecule has 1 aromatic rings. The molecule has 6 nitrogen and oxygen atoms in total. The van der Waals surface area contributed by atoms with Crippen LogP contribution >= 0.6 is 0 Å². The first-order valence-electron chi connectivity index (χ1n) is 9.70. The molecule has 2 saturated heterocycles. The van der Waals surface area contributed by atoms with Crippen molar-refractivity contribution >= 4 is 11.8 Å². The van der Waals surface area contributed by atoms with Crippen molar-refractivity contribution in [2.24, 2.45) is 11.3 Å². The van der Waals surface area contributed by atoms with E-state index in [-0.39, 0.29) is 17.7 Å². The van der Waals surface area contributed by atoms with E-state index >= 15 is 0 Å². The molecule has 2 heterocycles. The molecule has 0 aromatic heterocycles. The molecule has 1 atom stereocenters. The van der Waals surface area contributed by atoms with Gasteiger partial charge in [0.1, 0.15) is 0 Å². The lowest BCUT2D eigenvalue weighted by atomic mass is 9.78. The lowest BCUT2D eigenvalue weighted by Crippen LogP contribution is -2.50. The molecule has 0 saturated carbocycles. The van der Waals surface area contributed by atoms with E-state index in [0.29, 0.717) is 31.1 Å². The minimum absolute atomic E-state index is 0.0315. The van der Waals surface area contributed by atoms with Gasteiger partial charge >= 0.3 is 0 Å². The molecule has 2 aliphatic heterocycles. The number of methoxy groups -OCH3 is 2. The van der Waals surface area contributed by atoms with Gasteiger partial charge in [-0.05, 0) is 25.3 Å². The van der Waals surface area contributed by atoms with Crippen molar-refractivity contribution in [3.05, 3.63) is 23.8 Å². The number of nitrogens with zero attached hydrogens (tertiary/aromatic N) is 2. The number of carbonyl (C=O) groups excluding carboxylic acids is 2. The summed E-state index contributed by atoms with van der Waals surface area (Å²) in [6.45, 7) is 6.29. The van der Waals surface area contributed by atoms with Gasteiger partial charge in [-0.1, -0.05) is 26.0 Å². The second kappa shape index (κ2) is 7.79. The molecule has 27 heavy (non-hydrogen) atoms. The monoisotopic (exact) mass is 374 g/mol. The molecule has 0 N–H and O–H groups in total. The zero-order valence-electron chi connectivity index (χ0n) is 16.8. The lowest BCUT2D eigenvalue weighted by molar-refractivity contribution is -0.147. The quantitative estimate of drug-likeness (QED) is 0.795. The lowest BCUT2D eigenvalue weighted by Gasteiger charge is -2.39. The van der Waals surface area contributed by atoms with Crippen molar-refractivity contribution in [1.82, 2.24) is 9.80 Å². The maximum atomic E-state index is 13.4. The Bertz CT molecular complexity index is 718. The van der Waals surface area contributed by atoms with E-state index in [0.717, 1.165) is 31.4 Å². The van der Waals surface area contributed by atoms with Crippen LogP contribution in [0.25, 0.3) is 0 Å². The van der Waals surface area contributed by atoms with Gasteiger partial charge in [-0.25, -0.2) is 0 Å². The molecule has 2 amide bonds. The van der Waals surface area contributed by atoms with Crippen molar-refractivity contribution < 1.29 is 19.1 Å². The van der Waals surface area contributed by atoms with Gasteiger partial charge in [-0.15, -0.1) is 0 Å². The Labute approximate surface area is 161 Å².